The Balaban J connectivity index is 2.38. The summed E-state index contributed by atoms with van der Waals surface area (Å²) in [6.45, 7) is 3.33. The number of Topliss-reactive ketones (excluding diaryl/α,β-unsaturated/α-hetero) is 1. The van der Waals surface area contributed by atoms with Crippen molar-refractivity contribution in [2.45, 2.75) is 13.8 Å². The normalized spacial score (nSPS) is 10.8. The Hall–Kier alpha value is -2.75. The first-order valence-corrected chi connectivity index (χ1v) is 6.66. The van der Waals surface area contributed by atoms with Crippen LogP contribution in [0.25, 0.3) is 16.9 Å². The number of fused-ring (bicyclic) bond motifs is 1. The second-order valence-corrected chi connectivity index (χ2v) is 5.03. The molecule has 0 aliphatic carbocycles. The third-order valence-electron chi connectivity index (χ3n) is 3.35. The van der Waals surface area contributed by atoms with E-state index in [9.17, 15) is 9.59 Å². The highest BCUT2D eigenvalue weighted by atomic mass is 16.1. The third kappa shape index (κ3) is 2.36. The molecule has 0 fully saturated rings. The minimum atomic E-state index is -0.190. The molecule has 104 valence electrons. The van der Waals surface area contributed by atoms with Crippen molar-refractivity contribution in [1.29, 1.82) is 0 Å². The maximum Gasteiger partial charge on any atom is 0.258 e. The van der Waals surface area contributed by atoms with Crippen LogP contribution in [0.15, 0.2) is 53.5 Å². The molecule has 2 heterocycles. The molecule has 3 rings (SSSR count). The summed E-state index contributed by atoms with van der Waals surface area (Å²) in [5.41, 5.74) is 2.96. The number of carbonyl (C=O) groups excluding carboxylic acids is 1. The Kier molecular flexibility index (Phi) is 3.14. The van der Waals surface area contributed by atoms with Gasteiger partial charge in [0.15, 0.2) is 11.4 Å². The van der Waals surface area contributed by atoms with Crippen molar-refractivity contribution in [1.82, 2.24) is 9.38 Å². The first-order valence-electron chi connectivity index (χ1n) is 6.66. The van der Waals surface area contributed by atoms with Crippen molar-refractivity contribution in [2.24, 2.45) is 0 Å². The van der Waals surface area contributed by atoms with Crippen molar-refractivity contribution in [3.63, 3.8) is 0 Å². The van der Waals surface area contributed by atoms with Crippen LogP contribution in [0.2, 0.25) is 0 Å². The summed E-state index contributed by atoms with van der Waals surface area (Å²) in [7, 11) is 0. The monoisotopic (exact) mass is 278 g/mol. The molecule has 0 aliphatic heterocycles. The number of pyridine rings is 1. The molecular weight excluding hydrogens is 264 g/mol. The number of nitrogens with zero attached hydrogens (tertiary/aromatic N) is 2. The molecule has 0 amide bonds. The van der Waals surface area contributed by atoms with Gasteiger partial charge in [-0.1, -0.05) is 30.3 Å². The van der Waals surface area contributed by atoms with Gasteiger partial charge in [0.05, 0.1) is 11.3 Å². The van der Waals surface area contributed by atoms with Crippen molar-refractivity contribution >= 4 is 11.4 Å². The van der Waals surface area contributed by atoms with E-state index < -0.39 is 0 Å². The Labute approximate surface area is 121 Å². The van der Waals surface area contributed by atoms with Crippen LogP contribution < -0.4 is 5.56 Å². The highest BCUT2D eigenvalue weighted by molar-refractivity contribution is 6.00. The number of ketones is 1. The summed E-state index contributed by atoms with van der Waals surface area (Å²) in [5, 5.41) is 0. The van der Waals surface area contributed by atoms with Crippen LogP contribution in [-0.4, -0.2) is 15.2 Å². The lowest BCUT2D eigenvalue weighted by Crippen LogP contribution is -2.17. The summed E-state index contributed by atoms with van der Waals surface area (Å²) in [6.07, 6.45) is 1.70. The highest BCUT2D eigenvalue weighted by Crippen LogP contribution is 2.18. The lowest BCUT2D eigenvalue weighted by atomic mass is 10.1. The van der Waals surface area contributed by atoms with E-state index in [2.05, 4.69) is 4.98 Å². The molecule has 0 spiro atoms. The van der Waals surface area contributed by atoms with E-state index in [4.69, 9.17) is 0 Å². The average Bonchev–Trinajstić information content (AvgIpc) is 2.48. The van der Waals surface area contributed by atoms with E-state index in [1.165, 1.54) is 17.4 Å². The summed E-state index contributed by atoms with van der Waals surface area (Å²) >= 11 is 0. The van der Waals surface area contributed by atoms with Gasteiger partial charge in [-0.2, -0.15) is 0 Å². The fraction of sp³-hybridized carbons (Fsp3) is 0.118. The van der Waals surface area contributed by atoms with Gasteiger partial charge in [0.2, 0.25) is 0 Å². The predicted molar refractivity (Wildman–Crippen MR) is 81.6 cm³/mol. The van der Waals surface area contributed by atoms with Gasteiger partial charge in [-0.3, -0.25) is 14.0 Å². The van der Waals surface area contributed by atoms with Gasteiger partial charge in [-0.25, -0.2) is 4.98 Å². The van der Waals surface area contributed by atoms with Crippen LogP contribution in [0.3, 0.4) is 0 Å². The van der Waals surface area contributed by atoms with Gasteiger partial charge in [-0.15, -0.1) is 0 Å². The van der Waals surface area contributed by atoms with Crippen LogP contribution >= 0.6 is 0 Å². The third-order valence-corrected chi connectivity index (χ3v) is 3.35. The number of rotatable bonds is 2. The van der Waals surface area contributed by atoms with Gasteiger partial charge in [-0.05, 0) is 25.5 Å². The second kappa shape index (κ2) is 4.98. The van der Waals surface area contributed by atoms with E-state index >= 15 is 0 Å². The largest absolute Gasteiger partial charge is 0.294 e. The number of hydrogen-bond donors (Lipinski definition) is 0. The maximum absolute atomic E-state index is 12.3. The molecule has 0 unspecified atom stereocenters. The minimum Gasteiger partial charge on any atom is -0.294 e. The summed E-state index contributed by atoms with van der Waals surface area (Å²) in [6, 6.07) is 12.7. The van der Waals surface area contributed by atoms with E-state index in [1.54, 1.807) is 12.3 Å². The van der Waals surface area contributed by atoms with Crippen molar-refractivity contribution in [2.75, 3.05) is 0 Å². The van der Waals surface area contributed by atoms with Crippen molar-refractivity contribution in [3.05, 3.63) is 70.1 Å². The van der Waals surface area contributed by atoms with Gasteiger partial charge in [0.1, 0.15) is 0 Å². The smallest absolute Gasteiger partial charge is 0.258 e. The van der Waals surface area contributed by atoms with Crippen LogP contribution in [0.4, 0.5) is 0 Å². The fourth-order valence-corrected chi connectivity index (χ4v) is 2.35. The van der Waals surface area contributed by atoms with Crippen LogP contribution in [0.5, 0.6) is 0 Å². The minimum absolute atomic E-state index is 0.103. The van der Waals surface area contributed by atoms with Crippen molar-refractivity contribution in [3.8, 4) is 11.3 Å². The number of benzene rings is 1. The number of aryl methyl sites for hydroxylation is 1. The van der Waals surface area contributed by atoms with Gasteiger partial charge >= 0.3 is 0 Å². The molecule has 4 heteroatoms. The molecule has 0 radical (unpaired) electrons. The zero-order valence-electron chi connectivity index (χ0n) is 11.8. The summed E-state index contributed by atoms with van der Waals surface area (Å²) in [4.78, 5) is 28.6. The lowest BCUT2D eigenvalue weighted by Gasteiger charge is -2.08. The lowest BCUT2D eigenvalue weighted by molar-refractivity contribution is 0.101. The molecular formula is C17H14N2O2. The highest BCUT2D eigenvalue weighted by Gasteiger charge is 2.12. The van der Waals surface area contributed by atoms with E-state index in [0.29, 0.717) is 16.9 Å². The number of carbonyl (C=O) groups is 1. The molecule has 1 aromatic carbocycles. The quantitative estimate of drug-likeness (QED) is 0.677. The maximum atomic E-state index is 12.3. The zero-order chi connectivity index (χ0) is 15.0. The van der Waals surface area contributed by atoms with Gasteiger partial charge < -0.3 is 0 Å². The number of aromatic nitrogens is 2. The van der Waals surface area contributed by atoms with Crippen molar-refractivity contribution < 1.29 is 4.79 Å². The predicted octanol–water partition coefficient (Wildman–Crippen LogP) is 2.87. The van der Waals surface area contributed by atoms with Crippen LogP contribution in [-0.2, 0) is 0 Å². The molecule has 21 heavy (non-hydrogen) atoms. The van der Waals surface area contributed by atoms with E-state index in [-0.39, 0.29) is 11.3 Å². The van der Waals surface area contributed by atoms with Gasteiger partial charge in [0.25, 0.3) is 5.56 Å². The zero-order valence-corrected chi connectivity index (χ0v) is 11.8. The topological polar surface area (TPSA) is 51.4 Å². The molecule has 3 aromatic rings. The van der Waals surface area contributed by atoms with Gasteiger partial charge in [0, 0.05) is 17.8 Å². The Morgan fingerprint density at radius 3 is 2.52 bits per heavy atom. The summed E-state index contributed by atoms with van der Waals surface area (Å²) < 4.78 is 1.43. The second-order valence-electron chi connectivity index (χ2n) is 5.03. The van der Waals surface area contributed by atoms with Crippen LogP contribution in [0, 0.1) is 6.92 Å². The first-order chi connectivity index (χ1) is 10.1. The standard InChI is InChI=1S/C17H14N2O2/c1-11-8-14(12(2)20)17-18-15(9-16(21)19(17)10-11)13-6-4-3-5-7-13/h3-10H,1-2H3. The molecule has 2 aromatic heterocycles. The Morgan fingerprint density at radius 2 is 1.86 bits per heavy atom. The van der Waals surface area contributed by atoms with E-state index in [0.717, 1.165) is 11.1 Å². The number of hydrogen-bond acceptors (Lipinski definition) is 3. The molecule has 0 saturated heterocycles. The fourth-order valence-electron chi connectivity index (χ4n) is 2.35. The molecule has 0 atom stereocenters. The van der Waals surface area contributed by atoms with Crippen LogP contribution in [0.1, 0.15) is 22.8 Å². The SMILES string of the molecule is CC(=O)c1cc(C)cn2c(=O)cc(-c3ccccc3)nc12. The Morgan fingerprint density at radius 1 is 1.14 bits per heavy atom. The average molecular weight is 278 g/mol. The summed E-state index contributed by atoms with van der Waals surface area (Å²) in [5.74, 6) is -0.103. The first kappa shape index (κ1) is 13.2. The molecule has 0 aliphatic rings. The van der Waals surface area contributed by atoms with E-state index in [1.807, 2.05) is 37.3 Å². The molecule has 0 saturated carbocycles. The molecule has 0 N–H and O–H groups in total. The molecule has 0 bridgehead atoms. The Bertz CT molecular complexity index is 896. The molecule has 4 nitrogen and oxygen atoms in total.